The minimum atomic E-state index is -0.956. The molecule has 0 radical (unpaired) electrons. The standard InChI is InChI=1S/C27H33FN2O4/c1-21-7-3-4-8-22(21)17-25(31)30-15-16-34-27(19-30,18-26(32)29-13-5-2-6-14-29)20-33-24-11-9-23(28)10-12-24/h3-4,7-12H,2,5-6,13-20H2,1H3. The molecular formula is C27H33FN2O4. The van der Waals surface area contributed by atoms with Crippen molar-refractivity contribution in [3.8, 4) is 5.75 Å². The Morgan fingerprint density at radius 3 is 2.44 bits per heavy atom. The summed E-state index contributed by atoms with van der Waals surface area (Å²) in [5.41, 5.74) is 1.12. The molecule has 2 aromatic rings. The van der Waals surface area contributed by atoms with Gasteiger partial charge < -0.3 is 19.3 Å². The molecule has 1 unspecified atom stereocenters. The number of hydrogen-bond acceptors (Lipinski definition) is 4. The largest absolute Gasteiger partial charge is 0.490 e. The number of halogens is 1. The SMILES string of the molecule is Cc1ccccc1CC(=O)N1CCOC(COc2ccc(F)cc2)(CC(=O)N2CCCCC2)C1. The fraction of sp³-hybridized carbons (Fsp3) is 0.481. The zero-order valence-corrected chi connectivity index (χ0v) is 19.8. The first-order valence-electron chi connectivity index (χ1n) is 12.1. The highest BCUT2D eigenvalue weighted by Crippen LogP contribution is 2.27. The molecule has 6 nitrogen and oxygen atoms in total. The monoisotopic (exact) mass is 468 g/mol. The summed E-state index contributed by atoms with van der Waals surface area (Å²) in [5.74, 6) is 0.187. The van der Waals surface area contributed by atoms with Crippen LogP contribution in [0.2, 0.25) is 0 Å². The molecule has 0 spiro atoms. The van der Waals surface area contributed by atoms with Gasteiger partial charge in [-0.05, 0) is 61.6 Å². The lowest BCUT2D eigenvalue weighted by molar-refractivity contribution is -0.166. The van der Waals surface area contributed by atoms with Crippen LogP contribution in [0.1, 0.15) is 36.8 Å². The van der Waals surface area contributed by atoms with Crippen LogP contribution in [-0.2, 0) is 20.7 Å². The maximum absolute atomic E-state index is 13.3. The van der Waals surface area contributed by atoms with E-state index in [9.17, 15) is 14.0 Å². The Hall–Kier alpha value is -2.93. The summed E-state index contributed by atoms with van der Waals surface area (Å²) >= 11 is 0. The van der Waals surface area contributed by atoms with Crippen molar-refractivity contribution in [2.45, 2.75) is 44.6 Å². The van der Waals surface area contributed by atoms with E-state index in [1.807, 2.05) is 36.1 Å². The van der Waals surface area contributed by atoms with Crippen molar-refractivity contribution in [1.29, 1.82) is 0 Å². The fourth-order valence-corrected chi connectivity index (χ4v) is 4.66. The van der Waals surface area contributed by atoms with Gasteiger partial charge in [0.15, 0.2) is 0 Å². The van der Waals surface area contributed by atoms with E-state index < -0.39 is 5.60 Å². The van der Waals surface area contributed by atoms with Crippen LogP contribution in [0.15, 0.2) is 48.5 Å². The number of aryl methyl sites for hydroxylation is 1. The number of benzene rings is 2. The molecule has 0 aliphatic carbocycles. The maximum atomic E-state index is 13.3. The smallest absolute Gasteiger partial charge is 0.227 e. The quantitative estimate of drug-likeness (QED) is 0.621. The molecule has 7 heteroatoms. The van der Waals surface area contributed by atoms with E-state index in [4.69, 9.17) is 9.47 Å². The van der Waals surface area contributed by atoms with E-state index in [2.05, 4.69) is 0 Å². The minimum Gasteiger partial charge on any atom is -0.490 e. The lowest BCUT2D eigenvalue weighted by Crippen LogP contribution is -2.58. The van der Waals surface area contributed by atoms with Crippen LogP contribution in [0.5, 0.6) is 5.75 Å². The number of carbonyl (C=O) groups is 2. The highest BCUT2D eigenvalue weighted by Gasteiger charge is 2.42. The Bertz CT molecular complexity index is 990. The predicted octanol–water partition coefficient (Wildman–Crippen LogP) is 3.76. The predicted molar refractivity (Wildman–Crippen MR) is 127 cm³/mol. The van der Waals surface area contributed by atoms with Crippen molar-refractivity contribution in [1.82, 2.24) is 9.80 Å². The van der Waals surface area contributed by atoms with Crippen molar-refractivity contribution in [3.63, 3.8) is 0 Å². The molecular weight excluding hydrogens is 435 g/mol. The topological polar surface area (TPSA) is 59.1 Å². The van der Waals surface area contributed by atoms with Crippen molar-refractivity contribution < 1.29 is 23.5 Å². The van der Waals surface area contributed by atoms with Crippen LogP contribution in [0, 0.1) is 12.7 Å². The molecule has 2 amide bonds. The third kappa shape index (κ3) is 6.14. The first-order chi connectivity index (χ1) is 16.4. The summed E-state index contributed by atoms with van der Waals surface area (Å²) in [5, 5.41) is 0. The molecule has 2 aliphatic heterocycles. The van der Waals surface area contributed by atoms with Crippen molar-refractivity contribution in [2.75, 3.05) is 39.4 Å². The van der Waals surface area contributed by atoms with Gasteiger partial charge >= 0.3 is 0 Å². The third-order valence-corrected chi connectivity index (χ3v) is 6.70. The summed E-state index contributed by atoms with van der Waals surface area (Å²) in [6.07, 6.45) is 3.60. The number of rotatable bonds is 7. The highest BCUT2D eigenvalue weighted by molar-refractivity contribution is 5.80. The molecule has 182 valence electrons. The molecule has 34 heavy (non-hydrogen) atoms. The first-order valence-corrected chi connectivity index (χ1v) is 12.1. The lowest BCUT2D eigenvalue weighted by atomic mass is 9.95. The number of amides is 2. The molecule has 1 atom stereocenters. The van der Waals surface area contributed by atoms with Gasteiger partial charge in [0.1, 0.15) is 23.8 Å². The molecule has 0 aromatic heterocycles. The number of ether oxygens (including phenoxy) is 2. The fourth-order valence-electron chi connectivity index (χ4n) is 4.66. The number of likely N-dealkylation sites (tertiary alicyclic amines) is 1. The van der Waals surface area contributed by atoms with E-state index in [0.717, 1.165) is 43.5 Å². The molecule has 0 saturated carbocycles. The highest BCUT2D eigenvalue weighted by atomic mass is 19.1. The Balaban J connectivity index is 1.49. The van der Waals surface area contributed by atoms with Gasteiger partial charge in [-0.1, -0.05) is 24.3 Å². The Kier molecular flexibility index (Phi) is 7.83. The first kappa shape index (κ1) is 24.2. The number of carbonyl (C=O) groups excluding carboxylic acids is 2. The summed E-state index contributed by atoms with van der Waals surface area (Å²) in [7, 11) is 0. The molecule has 2 aliphatic rings. The van der Waals surface area contributed by atoms with Crippen LogP contribution in [0.4, 0.5) is 4.39 Å². The van der Waals surface area contributed by atoms with Gasteiger partial charge in [-0.3, -0.25) is 9.59 Å². The Labute approximate surface area is 200 Å². The van der Waals surface area contributed by atoms with Gasteiger partial charge in [0.05, 0.1) is 26.0 Å². The van der Waals surface area contributed by atoms with Crippen LogP contribution < -0.4 is 4.74 Å². The Morgan fingerprint density at radius 1 is 0.971 bits per heavy atom. The van der Waals surface area contributed by atoms with Gasteiger partial charge in [0.25, 0.3) is 0 Å². The van der Waals surface area contributed by atoms with Crippen LogP contribution in [-0.4, -0.2) is 66.6 Å². The van der Waals surface area contributed by atoms with Gasteiger partial charge in [-0.2, -0.15) is 0 Å². The van der Waals surface area contributed by atoms with Gasteiger partial charge in [0, 0.05) is 19.6 Å². The second kappa shape index (κ2) is 11.0. The van der Waals surface area contributed by atoms with Gasteiger partial charge in [0.2, 0.25) is 11.8 Å². The van der Waals surface area contributed by atoms with Gasteiger partial charge in [-0.15, -0.1) is 0 Å². The van der Waals surface area contributed by atoms with Crippen LogP contribution in [0.3, 0.4) is 0 Å². The van der Waals surface area contributed by atoms with E-state index >= 15 is 0 Å². The second-order valence-corrected chi connectivity index (χ2v) is 9.31. The number of piperidine rings is 1. The summed E-state index contributed by atoms with van der Waals surface area (Å²) in [4.78, 5) is 30.1. The van der Waals surface area contributed by atoms with E-state index in [0.29, 0.717) is 25.3 Å². The second-order valence-electron chi connectivity index (χ2n) is 9.31. The molecule has 0 N–H and O–H groups in total. The van der Waals surface area contributed by atoms with E-state index in [-0.39, 0.29) is 37.2 Å². The molecule has 4 rings (SSSR count). The summed E-state index contributed by atoms with van der Waals surface area (Å²) in [6.45, 7) is 4.69. The summed E-state index contributed by atoms with van der Waals surface area (Å²) < 4.78 is 25.5. The molecule has 2 fully saturated rings. The van der Waals surface area contributed by atoms with E-state index in [1.165, 1.54) is 12.1 Å². The minimum absolute atomic E-state index is 0.00850. The molecule has 2 aromatic carbocycles. The number of nitrogens with zero attached hydrogens (tertiary/aromatic N) is 2. The van der Waals surface area contributed by atoms with Crippen molar-refractivity contribution >= 4 is 11.8 Å². The zero-order chi connectivity index (χ0) is 24.0. The van der Waals surface area contributed by atoms with Crippen molar-refractivity contribution in [3.05, 3.63) is 65.5 Å². The van der Waals surface area contributed by atoms with Gasteiger partial charge in [-0.25, -0.2) is 4.39 Å². The third-order valence-electron chi connectivity index (χ3n) is 6.70. The van der Waals surface area contributed by atoms with E-state index in [1.54, 1.807) is 17.0 Å². The average Bonchev–Trinajstić information content (AvgIpc) is 2.86. The van der Waals surface area contributed by atoms with Crippen molar-refractivity contribution in [2.24, 2.45) is 0 Å². The zero-order valence-electron chi connectivity index (χ0n) is 19.8. The molecule has 2 heterocycles. The summed E-state index contributed by atoms with van der Waals surface area (Å²) in [6, 6.07) is 13.6. The number of morpholine rings is 1. The molecule has 2 saturated heterocycles. The normalized spacial score (nSPS) is 20.8. The van der Waals surface area contributed by atoms with Crippen LogP contribution in [0.25, 0.3) is 0 Å². The number of hydrogen-bond donors (Lipinski definition) is 0. The van der Waals surface area contributed by atoms with Crippen LogP contribution >= 0.6 is 0 Å². The maximum Gasteiger partial charge on any atom is 0.227 e. The molecule has 0 bridgehead atoms. The Morgan fingerprint density at radius 2 is 1.71 bits per heavy atom. The average molecular weight is 469 g/mol. The lowest BCUT2D eigenvalue weighted by Gasteiger charge is -2.43.